The summed E-state index contributed by atoms with van der Waals surface area (Å²) in [6.07, 6.45) is 2.86. The molecule has 1 unspecified atom stereocenters. The number of rotatable bonds is 16. The van der Waals surface area contributed by atoms with Crippen molar-refractivity contribution in [2.45, 2.75) is 59.4 Å². The van der Waals surface area contributed by atoms with E-state index < -0.39 is 19.3 Å². The molecule has 0 saturated carbocycles. The van der Waals surface area contributed by atoms with Crippen LogP contribution in [-0.4, -0.2) is 68.9 Å². The standard InChI is InChI=1S/C29H42N7O7PS/c1-5-40-28(38)31-12-11-29(3,4)27(37)45-14-13-41-44(39,35-16-21-9-7-6-8-10-21)42-17-22-15-20(2)26(43-22)36-19-34-23-24(30)32-18-33-25(23)36/h6-10,18-20,22,26H,5,11-17H2,1-4H3,(H,31,38)(H,35,39)(H2,30,32,33)/t20-,22-,26+,44?/m0/s1. The minimum atomic E-state index is -3.79. The number of carbonyl (C=O) groups is 2. The van der Waals surface area contributed by atoms with E-state index in [0.717, 1.165) is 17.3 Å². The largest absolute Gasteiger partial charge is 0.450 e. The van der Waals surface area contributed by atoms with Crippen molar-refractivity contribution in [2.24, 2.45) is 11.3 Å². The zero-order valence-corrected chi connectivity index (χ0v) is 27.7. The maximum absolute atomic E-state index is 13.8. The van der Waals surface area contributed by atoms with Crippen molar-refractivity contribution in [3.05, 3.63) is 48.5 Å². The number of thioether (sulfide) groups is 1. The third-order valence-electron chi connectivity index (χ3n) is 7.29. The molecule has 1 aromatic carbocycles. The molecule has 4 rings (SSSR count). The van der Waals surface area contributed by atoms with Crippen molar-refractivity contribution in [1.82, 2.24) is 29.9 Å². The van der Waals surface area contributed by atoms with Gasteiger partial charge in [0, 0.05) is 30.2 Å². The van der Waals surface area contributed by atoms with E-state index in [1.165, 1.54) is 6.33 Å². The molecule has 2 aromatic heterocycles. The Bertz CT molecular complexity index is 1480. The lowest BCUT2D eigenvalue weighted by Crippen LogP contribution is -2.31. The molecule has 3 heterocycles. The second kappa shape index (κ2) is 16.0. The zero-order chi connectivity index (χ0) is 32.5. The smallest absolute Gasteiger partial charge is 0.407 e. The summed E-state index contributed by atoms with van der Waals surface area (Å²) in [4.78, 5) is 37.0. The minimum Gasteiger partial charge on any atom is -0.450 e. The molecule has 4 atom stereocenters. The van der Waals surface area contributed by atoms with Crippen molar-refractivity contribution in [2.75, 3.05) is 37.9 Å². The molecule has 1 fully saturated rings. The van der Waals surface area contributed by atoms with Gasteiger partial charge in [0.05, 0.1) is 32.3 Å². The summed E-state index contributed by atoms with van der Waals surface area (Å²) < 4.78 is 38.5. The van der Waals surface area contributed by atoms with Gasteiger partial charge in [-0.2, -0.15) is 0 Å². The lowest BCUT2D eigenvalue weighted by atomic mass is 9.91. The third kappa shape index (κ3) is 9.71. The lowest BCUT2D eigenvalue weighted by molar-refractivity contribution is -0.118. The summed E-state index contributed by atoms with van der Waals surface area (Å²) in [5, 5.41) is 5.52. The molecule has 4 N–H and O–H groups in total. The number of hydrogen-bond acceptors (Lipinski definition) is 12. The Morgan fingerprint density at radius 2 is 1.98 bits per heavy atom. The van der Waals surface area contributed by atoms with Gasteiger partial charge < -0.3 is 20.5 Å². The van der Waals surface area contributed by atoms with Gasteiger partial charge in [-0.1, -0.05) is 62.9 Å². The first-order valence-electron chi connectivity index (χ1n) is 14.9. The van der Waals surface area contributed by atoms with Gasteiger partial charge in [-0.15, -0.1) is 0 Å². The third-order valence-corrected chi connectivity index (χ3v) is 10.0. The number of alkyl carbamates (subject to hydrolysis) is 1. The van der Waals surface area contributed by atoms with Crippen molar-refractivity contribution in [3.8, 4) is 0 Å². The Balaban J connectivity index is 1.31. The van der Waals surface area contributed by atoms with Gasteiger partial charge in [-0.05, 0) is 25.3 Å². The van der Waals surface area contributed by atoms with E-state index >= 15 is 0 Å². The number of nitrogens with two attached hydrogens (primary N) is 1. The molecule has 14 nitrogen and oxygen atoms in total. The van der Waals surface area contributed by atoms with Crippen molar-refractivity contribution < 1.29 is 32.7 Å². The fourth-order valence-electron chi connectivity index (χ4n) is 4.76. The molecule has 246 valence electrons. The molecule has 1 saturated heterocycles. The number of hydrogen-bond donors (Lipinski definition) is 3. The molecular weight excluding hydrogens is 621 g/mol. The number of carbonyl (C=O) groups excluding carboxylic acids is 2. The topological polar surface area (TPSA) is 182 Å². The summed E-state index contributed by atoms with van der Waals surface area (Å²) in [6.45, 7) is 8.29. The first-order chi connectivity index (χ1) is 21.5. The predicted molar refractivity (Wildman–Crippen MR) is 171 cm³/mol. The van der Waals surface area contributed by atoms with E-state index in [2.05, 4.69) is 25.4 Å². The number of ether oxygens (including phenoxy) is 2. The highest BCUT2D eigenvalue weighted by atomic mass is 32.2. The van der Waals surface area contributed by atoms with Crippen molar-refractivity contribution >= 4 is 47.7 Å². The molecule has 45 heavy (non-hydrogen) atoms. The molecule has 1 amide bonds. The average molecular weight is 664 g/mol. The van der Waals surface area contributed by atoms with Crippen molar-refractivity contribution in [3.63, 3.8) is 0 Å². The normalized spacial score (nSPS) is 19.8. The van der Waals surface area contributed by atoms with E-state index in [0.29, 0.717) is 36.4 Å². The average Bonchev–Trinajstić information content (AvgIpc) is 3.61. The molecule has 0 radical (unpaired) electrons. The zero-order valence-electron chi connectivity index (χ0n) is 26.0. The first kappa shape index (κ1) is 34.8. The van der Waals surface area contributed by atoms with E-state index in [1.807, 2.05) is 55.7 Å². The summed E-state index contributed by atoms with van der Waals surface area (Å²) in [7, 11) is -3.79. The van der Waals surface area contributed by atoms with Crippen LogP contribution >= 0.6 is 19.5 Å². The highest BCUT2D eigenvalue weighted by Crippen LogP contribution is 2.46. The number of aromatic nitrogens is 4. The van der Waals surface area contributed by atoms with Crippen LogP contribution < -0.4 is 16.1 Å². The summed E-state index contributed by atoms with van der Waals surface area (Å²) in [5.74, 6) is 0.649. The Morgan fingerprint density at radius 1 is 1.20 bits per heavy atom. The molecule has 0 bridgehead atoms. The van der Waals surface area contributed by atoms with Gasteiger partial charge in [0.2, 0.25) is 0 Å². The van der Waals surface area contributed by atoms with Crippen LogP contribution in [-0.2, 0) is 34.4 Å². The van der Waals surface area contributed by atoms with Crippen LogP contribution in [0.3, 0.4) is 0 Å². The highest BCUT2D eigenvalue weighted by Gasteiger charge is 2.37. The Hall–Kier alpha value is -3.07. The van der Waals surface area contributed by atoms with E-state index in [-0.39, 0.29) is 55.5 Å². The second-order valence-electron chi connectivity index (χ2n) is 11.3. The molecule has 0 aliphatic carbocycles. The summed E-state index contributed by atoms with van der Waals surface area (Å²) in [6, 6.07) is 9.49. The van der Waals surface area contributed by atoms with Crippen molar-refractivity contribution in [1.29, 1.82) is 0 Å². The number of fused-ring (bicyclic) bond motifs is 1. The van der Waals surface area contributed by atoms with Crippen LogP contribution in [0.5, 0.6) is 0 Å². The van der Waals surface area contributed by atoms with Crippen LogP contribution in [0.25, 0.3) is 11.2 Å². The number of amides is 1. The highest BCUT2D eigenvalue weighted by molar-refractivity contribution is 8.13. The maximum Gasteiger partial charge on any atom is 0.407 e. The van der Waals surface area contributed by atoms with E-state index in [9.17, 15) is 14.2 Å². The number of benzene rings is 1. The summed E-state index contributed by atoms with van der Waals surface area (Å²) in [5.41, 5.74) is 7.24. The van der Waals surface area contributed by atoms with Crippen LogP contribution in [0.4, 0.5) is 10.6 Å². The number of nitrogen functional groups attached to an aromatic ring is 1. The molecule has 16 heteroatoms. The Labute approximate surface area is 267 Å². The van der Waals surface area contributed by atoms with Crippen LogP contribution in [0.1, 0.15) is 52.3 Å². The fourth-order valence-corrected chi connectivity index (χ4v) is 7.06. The number of anilines is 1. The molecular formula is C29H42N7O7PS. The maximum atomic E-state index is 13.8. The van der Waals surface area contributed by atoms with Gasteiger partial charge >= 0.3 is 13.8 Å². The number of nitrogens with zero attached hydrogens (tertiary/aromatic N) is 4. The lowest BCUT2D eigenvalue weighted by Gasteiger charge is -2.23. The van der Waals surface area contributed by atoms with E-state index in [4.69, 9.17) is 24.3 Å². The van der Waals surface area contributed by atoms with E-state index in [1.54, 1.807) is 13.3 Å². The van der Waals surface area contributed by atoms with Gasteiger partial charge in [0.15, 0.2) is 16.6 Å². The van der Waals surface area contributed by atoms with Gasteiger partial charge in [-0.25, -0.2) is 29.4 Å². The van der Waals surface area contributed by atoms with Gasteiger partial charge in [0.25, 0.3) is 0 Å². The molecule has 3 aromatic rings. The fraction of sp³-hybridized carbons (Fsp3) is 0.552. The number of imidazole rings is 1. The van der Waals surface area contributed by atoms with Crippen LogP contribution in [0.15, 0.2) is 43.0 Å². The molecule has 1 aliphatic rings. The van der Waals surface area contributed by atoms with Gasteiger partial charge in [0.1, 0.15) is 18.1 Å². The Morgan fingerprint density at radius 3 is 2.73 bits per heavy atom. The van der Waals surface area contributed by atoms with Crippen LogP contribution in [0, 0.1) is 11.3 Å². The SMILES string of the molecule is CCOC(=O)NCCC(C)(C)C(=O)SCCOP(=O)(NCc1ccccc1)OC[C@@H]1C[C@H](C)[C@H](n2cnc3c(N)ncnc32)O1. The first-order valence-corrected chi connectivity index (χ1v) is 17.4. The van der Waals surface area contributed by atoms with Gasteiger partial charge in [-0.3, -0.25) is 18.4 Å². The monoisotopic (exact) mass is 663 g/mol. The second-order valence-corrected chi connectivity index (χ2v) is 14.2. The quantitative estimate of drug-likeness (QED) is 0.142. The predicted octanol–water partition coefficient (Wildman–Crippen LogP) is 4.69. The van der Waals surface area contributed by atoms with Crippen LogP contribution in [0.2, 0.25) is 0 Å². The minimum absolute atomic E-state index is 0.0132. The molecule has 1 aliphatic heterocycles. The summed E-state index contributed by atoms with van der Waals surface area (Å²) >= 11 is 1.09. The number of nitrogens with one attached hydrogen (secondary N) is 2. The Kier molecular flexibility index (Phi) is 12.3. The molecule has 0 spiro atoms.